The van der Waals surface area contributed by atoms with E-state index in [-0.39, 0.29) is 18.6 Å². The van der Waals surface area contributed by atoms with E-state index in [0.717, 1.165) is 29.8 Å². The first-order valence-electron chi connectivity index (χ1n) is 8.96. The van der Waals surface area contributed by atoms with Gasteiger partial charge in [-0.15, -0.1) is 0 Å². The molecule has 138 valence electrons. The minimum Gasteiger partial charge on any atom is -0.484 e. The molecule has 0 spiro atoms. The number of piperidine rings is 1. The first kappa shape index (κ1) is 18.2. The van der Waals surface area contributed by atoms with Crippen LogP contribution in [-0.4, -0.2) is 46.6 Å². The Kier molecular flexibility index (Phi) is 5.71. The fourth-order valence-electron chi connectivity index (χ4n) is 3.09. The van der Waals surface area contributed by atoms with Gasteiger partial charge >= 0.3 is 0 Å². The van der Waals surface area contributed by atoms with E-state index in [1.54, 1.807) is 0 Å². The molecule has 0 N–H and O–H groups in total. The average Bonchev–Trinajstić information content (AvgIpc) is 2.60. The van der Waals surface area contributed by atoms with Crippen LogP contribution in [0.5, 0.6) is 11.6 Å². The van der Waals surface area contributed by atoms with Crippen LogP contribution in [-0.2, 0) is 4.79 Å². The Balaban J connectivity index is 1.47. The normalized spacial score (nSPS) is 15.0. The number of aryl methyl sites for hydroxylation is 3. The standard InChI is InChI=1S/C20H25N3O3/c1-14-6-4-5-7-18(14)25-13-20(24)23-10-8-17(9-11-23)26-19-12-15(2)21-16(3)22-19/h4-7,12,17H,8-11,13H2,1-3H3. The van der Waals surface area contributed by atoms with Crippen LogP contribution in [0.4, 0.5) is 0 Å². The molecule has 1 fully saturated rings. The van der Waals surface area contributed by atoms with Crippen molar-refractivity contribution in [2.24, 2.45) is 0 Å². The third-order valence-electron chi connectivity index (χ3n) is 4.47. The molecular weight excluding hydrogens is 330 g/mol. The van der Waals surface area contributed by atoms with Crippen molar-refractivity contribution < 1.29 is 14.3 Å². The molecule has 2 aromatic rings. The van der Waals surface area contributed by atoms with Gasteiger partial charge in [-0.1, -0.05) is 18.2 Å². The number of para-hydroxylation sites is 1. The molecule has 1 aromatic heterocycles. The molecule has 2 heterocycles. The summed E-state index contributed by atoms with van der Waals surface area (Å²) in [6, 6.07) is 9.57. The van der Waals surface area contributed by atoms with E-state index in [1.165, 1.54) is 0 Å². The van der Waals surface area contributed by atoms with Crippen molar-refractivity contribution in [3.05, 3.63) is 47.4 Å². The van der Waals surface area contributed by atoms with Crippen molar-refractivity contribution in [2.45, 2.75) is 39.7 Å². The molecule has 1 aliphatic heterocycles. The van der Waals surface area contributed by atoms with E-state index in [0.29, 0.717) is 24.8 Å². The van der Waals surface area contributed by atoms with Gasteiger partial charge in [0, 0.05) is 37.7 Å². The fourth-order valence-corrected chi connectivity index (χ4v) is 3.09. The van der Waals surface area contributed by atoms with Crippen molar-refractivity contribution in [1.29, 1.82) is 0 Å². The highest BCUT2D eigenvalue weighted by Crippen LogP contribution is 2.19. The summed E-state index contributed by atoms with van der Waals surface area (Å²) < 4.78 is 11.6. The second-order valence-electron chi connectivity index (χ2n) is 6.65. The molecule has 26 heavy (non-hydrogen) atoms. The van der Waals surface area contributed by atoms with Crippen LogP contribution in [0.1, 0.15) is 29.9 Å². The number of likely N-dealkylation sites (tertiary alicyclic amines) is 1. The Bertz CT molecular complexity index is 750. The molecule has 0 saturated carbocycles. The summed E-state index contributed by atoms with van der Waals surface area (Å²) in [5.74, 6) is 2.10. The molecule has 6 heteroatoms. The molecule has 1 aromatic carbocycles. The summed E-state index contributed by atoms with van der Waals surface area (Å²) in [6.45, 7) is 7.17. The zero-order valence-electron chi connectivity index (χ0n) is 15.6. The Morgan fingerprint density at radius 2 is 1.88 bits per heavy atom. The molecule has 0 unspecified atom stereocenters. The highest BCUT2D eigenvalue weighted by Gasteiger charge is 2.24. The lowest BCUT2D eigenvalue weighted by molar-refractivity contribution is -0.135. The van der Waals surface area contributed by atoms with Gasteiger partial charge in [-0.2, -0.15) is 4.98 Å². The minimum absolute atomic E-state index is 0.0143. The number of nitrogens with zero attached hydrogens (tertiary/aromatic N) is 3. The van der Waals surface area contributed by atoms with Crippen LogP contribution in [0.15, 0.2) is 30.3 Å². The number of rotatable bonds is 5. The molecule has 1 aliphatic rings. The predicted octanol–water partition coefficient (Wildman–Crippen LogP) is 2.85. The molecule has 0 radical (unpaired) electrons. The third kappa shape index (κ3) is 4.71. The Labute approximate surface area is 154 Å². The molecule has 1 saturated heterocycles. The van der Waals surface area contributed by atoms with Crippen LogP contribution < -0.4 is 9.47 Å². The second kappa shape index (κ2) is 8.17. The smallest absolute Gasteiger partial charge is 0.260 e. The summed E-state index contributed by atoms with van der Waals surface area (Å²) in [5, 5.41) is 0. The van der Waals surface area contributed by atoms with Gasteiger partial charge in [-0.3, -0.25) is 4.79 Å². The van der Waals surface area contributed by atoms with E-state index >= 15 is 0 Å². The Hall–Kier alpha value is -2.63. The van der Waals surface area contributed by atoms with Gasteiger partial charge < -0.3 is 14.4 Å². The van der Waals surface area contributed by atoms with Crippen LogP contribution in [0.25, 0.3) is 0 Å². The average molecular weight is 355 g/mol. The van der Waals surface area contributed by atoms with E-state index in [2.05, 4.69) is 9.97 Å². The zero-order valence-corrected chi connectivity index (χ0v) is 15.6. The van der Waals surface area contributed by atoms with E-state index in [9.17, 15) is 4.79 Å². The molecule has 0 aliphatic carbocycles. The topological polar surface area (TPSA) is 64.5 Å². The summed E-state index contributed by atoms with van der Waals surface area (Å²) in [6.07, 6.45) is 1.65. The molecular formula is C20H25N3O3. The maximum absolute atomic E-state index is 12.4. The maximum atomic E-state index is 12.4. The number of hydrogen-bond donors (Lipinski definition) is 0. The number of carbonyl (C=O) groups excluding carboxylic acids is 1. The van der Waals surface area contributed by atoms with Crippen LogP contribution >= 0.6 is 0 Å². The lowest BCUT2D eigenvalue weighted by atomic mass is 10.1. The summed E-state index contributed by atoms with van der Waals surface area (Å²) in [5.41, 5.74) is 1.93. The maximum Gasteiger partial charge on any atom is 0.260 e. The lowest BCUT2D eigenvalue weighted by Crippen LogP contribution is -2.43. The molecule has 1 amide bonds. The van der Waals surface area contributed by atoms with Crippen molar-refractivity contribution in [1.82, 2.24) is 14.9 Å². The Morgan fingerprint density at radius 1 is 1.15 bits per heavy atom. The van der Waals surface area contributed by atoms with E-state index in [1.807, 2.05) is 56.0 Å². The first-order valence-corrected chi connectivity index (χ1v) is 8.96. The van der Waals surface area contributed by atoms with Gasteiger partial charge in [0.05, 0.1) is 0 Å². The van der Waals surface area contributed by atoms with Gasteiger partial charge in [-0.25, -0.2) is 4.98 Å². The highest BCUT2D eigenvalue weighted by atomic mass is 16.5. The minimum atomic E-state index is 0.0143. The summed E-state index contributed by atoms with van der Waals surface area (Å²) >= 11 is 0. The van der Waals surface area contributed by atoms with Crippen molar-refractivity contribution in [3.63, 3.8) is 0 Å². The van der Waals surface area contributed by atoms with Crippen LogP contribution in [0, 0.1) is 20.8 Å². The number of benzene rings is 1. The number of ether oxygens (including phenoxy) is 2. The largest absolute Gasteiger partial charge is 0.484 e. The number of aromatic nitrogens is 2. The molecule has 0 bridgehead atoms. The number of carbonyl (C=O) groups is 1. The van der Waals surface area contributed by atoms with Crippen molar-refractivity contribution >= 4 is 5.91 Å². The molecule has 3 rings (SSSR count). The fraction of sp³-hybridized carbons (Fsp3) is 0.450. The van der Waals surface area contributed by atoms with Gasteiger partial charge in [0.1, 0.15) is 17.7 Å². The second-order valence-corrected chi connectivity index (χ2v) is 6.65. The van der Waals surface area contributed by atoms with Gasteiger partial charge in [0.2, 0.25) is 5.88 Å². The number of amides is 1. The first-order chi connectivity index (χ1) is 12.5. The lowest BCUT2D eigenvalue weighted by Gasteiger charge is -2.32. The molecule has 6 nitrogen and oxygen atoms in total. The Morgan fingerprint density at radius 3 is 2.58 bits per heavy atom. The summed E-state index contributed by atoms with van der Waals surface area (Å²) in [4.78, 5) is 22.8. The predicted molar refractivity (Wildman–Crippen MR) is 98.4 cm³/mol. The van der Waals surface area contributed by atoms with E-state index < -0.39 is 0 Å². The summed E-state index contributed by atoms with van der Waals surface area (Å²) in [7, 11) is 0. The third-order valence-corrected chi connectivity index (χ3v) is 4.47. The van der Waals surface area contributed by atoms with Crippen molar-refractivity contribution in [2.75, 3.05) is 19.7 Å². The zero-order chi connectivity index (χ0) is 18.5. The quantitative estimate of drug-likeness (QED) is 0.825. The van der Waals surface area contributed by atoms with Crippen LogP contribution in [0.3, 0.4) is 0 Å². The SMILES string of the molecule is Cc1cc(OC2CCN(C(=O)COc3ccccc3C)CC2)nc(C)n1. The van der Waals surface area contributed by atoms with Crippen LogP contribution in [0.2, 0.25) is 0 Å². The monoisotopic (exact) mass is 355 g/mol. The molecule has 0 atom stereocenters. The highest BCUT2D eigenvalue weighted by molar-refractivity contribution is 5.77. The van der Waals surface area contributed by atoms with Gasteiger partial charge in [0.15, 0.2) is 6.61 Å². The van der Waals surface area contributed by atoms with Gasteiger partial charge in [0.25, 0.3) is 5.91 Å². The van der Waals surface area contributed by atoms with Gasteiger partial charge in [-0.05, 0) is 32.4 Å². The van der Waals surface area contributed by atoms with E-state index in [4.69, 9.17) is 9.47 Å². The van der Waals surface area contributed by atoms with Crippen molar-refractivity contribution in [3.8, 4) is 11.6 Å². The number of hydrogen-bond acceptors (Lipinski definition) is 5.